The van der Waals surface area contributed by atoms with Gasteiger partial charge in [0.15, 0.2) is 0 Å². The summed E-state index contributed by atoms with van der Waals surface area (Å²) >= 11 is 0. The second-order valence-electron chi connectivity index (χ2n) is 9.09. The molecule has 4 rings (SSSR count). The van der Waals surface area contributed by atoms with E-state index in [1.807, 2.05) is 72.8 Å². The zero-order valence-electron chi connectivity index (χ0n) is 21.8. The third-order valence-electron chi connectivity index (χ3n) is 6.31. The minimum Gasteiger partial charge on any atom is -0.480 e. The van der Waals surface area contributed by atoms with Gasteiger partial charge >= 0.3 is 5.97 Å². The van der Waals surface area contributed by atoms with Crippen LogP contribution in [-0.4, -0.2) is 45.4 Å². The van der Waals surface area contributed by atoms with Crippen LogP contribution in [0.4, 0.5) is 0 Å². The van der Waals surface area contributed by atoms with Crippen LogP contribution in [0.1, 0.15) is 23.2 Å². The number of H-pyrrole nitrogens is 1. The molecule has 3 aromatic carbocycles. The Morgan fingerprint density at radius 3 is 2.40 bits per heavy atom. The first kappa shape index (κ1) is 29.4. The van der Waals surface area contributed by atoms with Gasteiger partial charge in [0.25, 0.3) is 0 Å². The first-order chi connectivity index (χ1) is 19.4. The number of aliphatic carboxylic acids is 1. The number of aromatic amines is 1. The van der Waals surface area contributed by atoms with E-state index in [9.17, 15) is 19.5 Å². The second kappa shape index (κ2) is 15.3. The maximum Gasteiger partial charge on any atom is 0.326 e. The number of carboxylic acid groups (broad SMARTS) is 1. The van der Waals surface area contributed by atoms with Gasteiger partial charge in [-0.2, -0.15) is 0 Å². The van der Waals surface area contributed by atoms with E-state index < -0.39 is 23.8 Å². The third kappa shape index (κ3) is 9.00. The zero-order valence-corrected chi connectivity index (χ0v) is 21.8. The molecule has 1 aromatic heterocycles. The molecule has 1 unspecified atom stereocenters. The van der Waals surface area contributed by atoms with Crippen molar-refractivity contribution in [2.75, 3.05) is 6.54 Å². The molecule has 0 spiro atoms. The fourth-order valence-corrected chi connectivity index (χ4v) is 4.38. The molecule has 4 aromatic rings. The molecule has 2 atom stereocenters. The summed E-state index contributed by atoms with van der Waals surface area (Å²) in [4.78, 5) is 46.7. The number of amides is 2. The lowest BCUT2D eigenvalue weighted by Crippen LogP contribution is -2.46. The number of fused-ring (bicyclic) bond motifs is 1. The van der Waals surface area contributed by atoms with Crippen molar-refractivity contribution in [3.63, 3.8) is 0 Å². The largest absolute Gasteiger partial charge is 0.480 e. The van der Waals surface area contributed by atoms with E-state index in [2.05, 4.69) is 20.6 Å². The molecule has 2 amide bonds. The summed E-state index contributed by atoms with van der Waals surface area (Å²) in [7, 11) is 0. The molecule has 5 N–H and O–H groups in total. The van der Waals surface area contributed by atoms with Gasteiger partial charge < -0.3 is 20.7 Å². The Bertz CT molecular complexity index is 1430. The summed E-state index contributed by atoms with van der Waals surface area (Å²) < 4.78 is 0. The summed E-state index contributed by atoms with van der Waals surface area (Å²) in [5.41, 5.74) is 14.8. The molecule has 0 aliphatic carbocycles. The summed E-state index contributed by atoms with van der Waals surface area (Å²) in [5, 5.41) is 17.3. The van der Waals surface area contributed by atoms with Gasteiger partial charge in [-0.3, -0.25) is 9.59 Å². The van der Waals surface area contributed by atoms with Crippen molar-refractivity contribution in [2.45, 2.75) is 31.7 Å². The van der Waals surface area contributed by atoms with Crippen LogP contribution in [0, 0.1) is 11.4 Å². The number of carboxylic acids is 1. The summed E-state index contributed by atoms with van der Waals surface area (Å²) in [6.45, 7) is 0.447. The molecule has 40 heavy (non-hydrogen) atoms. The lowest BCUT2D eigenvalue weighted by atomic mass is 9.91. The first-order valence-electron chi connectivity index (χ1n) is 12.7. The Morgan fingerprint density at radius 1 is 1.00 bits per heavy atom. The van der Waals surface area contributed by atoms with Gasteiger partial charge in [-0.25, -0.2) is 9.78 Å². The lowest BCUT2D eigenvalue weighted by molar-refractivity contribution is -0.142. The van der Waals surface area contributed by atoms with Gasteiger partial charge in [0.2, 0.25) is 11.8 Å². The van der Waals surface area contributed by atoms with Gasteiger partial charge in [-0.15, -0.1) is 5.53 Å². The number of carbonyl (C=O) groups excluding carboxylic acids is 2. The van der Waals surface area contributed by atoms with Crippen LogP contribution in [0.25, 0.3) is 21.2 Å². The van der Waals surface area contributed by atoms with Crippen molar-refractivity contribution < 1.29 is 19.5 Å². The quantitative estimate of drug-likeness (QED) is 0.102. The van der Waals surface area contributed by atoms with Gasteiger partial charge in [0.1, 0.15) is 6.04 Å². The lowest BCUT2D eigenvalue weighted by Gasteiger charge is -2.21. The van der Waals surface area contributed by atoms with Crippen molar-refractivity contribution in [3.05, 3.63) is 113 Å². The van der Waals surface area contributed by atoms with Gasteiger partial charge in [0, 0.05) is 25.6 Å². The van der Waals surface area contributed by atoms with E-state index in [-0.39, 0.29) is 18.7 Å². The number of carbonyl (C=O) groups is 3. The first-order valence-corrected chi connectivity index (χ1v) is 12.7. The number of rotatable bonds is 12. The van der Waals surface area contributed by atoms with Crippen LogP contribution < -0.4 is 10.6 Å². The predicted molar refractivity (Wildman–Crippen MR) is 150 cm³/mol. The molecule has 0 fully saturated rings. The number of nitrogens with one attached hydrogen (secondary N) is 4. The van der Waals surface area contributed by atoms with Crippen LogP contribution in [0.3, 0.4) is 0 Å². The number of hydrogen-bond donors (Lipinski definition) is 5. The average Bonchev–Trinajstić information content (AvgIpc) is 3.47. The molecule has 0 aliphatic heterocycles. The normalized spacial score (nSPS) is 11.8. The summed E-state index contributed by atoms with van der Waals surface area (Å²) in [6.07, 6.45) is 4.01. The summed E-state index contributed by atoms with van der Waals surface area (Å²) in [5.74, 6) is -2.64. The van der Waals surface area contributed by atoms with Crippen molar-refractivity contribution in [1.82, 2.24) is 20.6 Å². The number of nitrogens with zero attached hydrogens (tertiary/aromatic N) is 3. The predicted octanol–water partition coefficient (Wildman–Crippen LogP) is 4.16. The molecule has 0 saturated heterocycles. The Hall–Kier alpha value is -5.15. The fraction of sp³-hybridized carbons (Fsp3) is 0.241. The van der Waals surface area contributed by atoms with Crippen LogP contribution in [0.2, 0.25) is 0 Å². The van der Waals surface area contributed by atoms with E-state index in [0.29, 0.717) is 25.1 Å². The minimum atomic E-state index is -1.16. The van der Waals surface area contributed by atoms with Crippen molar-refractivity contribution >= 4 is 28.6 Å². The van der Waals surface area contributed by atoms with E-state index >= 15 is 0 Å². The highest BCUT2D eigenvalue weighted by atomic mass is 16.4. The molecule has 0 saturated carbocycles. The summed E-state index contributed by atoms with van der Waals surface area (Å²) in [6, 6.07) is 22.4. The van der Waals surface area contributed by atoms with Crippen molar-refractivity contribution in [1.29, 1.82) is 5.53 Å². The Morgan fingerprint density at radius 2 is 1.70 bits per heavy atom. The second-order valence-corrected chi connectivity index (χ2v) is 9.09. The topological polar surface area (TPSA) is 184 Å². The van der Waals surface area contributed by atoms with Crippen molar-refractivity contribution in [3.8, 4) is 0 Å². The molecule has 206 valence electrons. The monoisotopic (exact) mass is 541 g/mol. The Labute approximate surface area is 231 Å². The van der Waals surface area contributed by atoms with E-state index in [1.165, 1.54) is 6.33 Å². The maximum absolute atomic E-state index is 13.4. The molecule has 1 heterocycles. The van der Waals surface area contributed by atoms with Crippen LogP contribution in [0.15, 0.2) is 85.3 Å². The highest BCUT2D eigenvalue weighted by Gasteiger charge is 2.28. The van der Waals surface area contributed by atoms with E-state index in [4.69, 9.17) is 11.1 Å². The number of hydrogen-bond acceptors (Lipinski definition) is 5. The molecular weight excluding hydrogens is 510 g/mol. The smallest absolute Gasteiger partial charge is 0.326 e. The van der Waals surface area contributed by atoms with Gasteiger partial charge in [-0.1, -0.05) is 72.8 Å². The van der Waals surface area contributed by atoms with Crippen LogP contribution in [-0.2, 0) is 33.6 Å². The molecular formula is C29H31N7O4. The zero-order chi connectivity index (χ0) is 28.7. The molecule has 11 heteroatoms. The van der Waals surface area contributed by atoms with Gasteiger partial charge in [0.05, 0.1) is 17.9 Å². The SMILES string of the molecule is O=C(CC(Cc1cccc2ccccc12)C(=O)N[C@@H](Cc1c[nH]cn1)C(=O)O)NCCc1ccccc1.[N-]=[N+]=N. The molecule has 0 bridgehead atoms. The Balaban J connectivity index is 0.00000141. The fourth-order valence-electron chi connectivity index (χ4n) is 4.38. The highest BCUT2D eigenvalue weighted by molar-refractivity contribution is 5.90. The highest BCUT2D eigenvalue weighted by Crippen LogP contribution is 2.23. The number of aromatic nitrogens is 2. The number of imidazole rings is 1. The molecule has 0 aliphatic rings. The van der Waals surface area contributed by atoms with E-state index in [1.54, 1.807) is 11.1 Å². The standard InChI is InChI=1S/C29H30N4O4.HN3/c34-27(31-14-13-20-7-2-1-3-8-20)16-23(15-22-11-6-10-21-9-4-5-12-25(21)22)28(35)33-26(29(36)37)17-24-18-30-19-32-24;1-3-2/h1-12,18-19,23,26H,13-17H2,(H,30,32)(H,31,34)(H,33,35)(H,36,37);1H/t23?,26-;/m0./s1. The maximum atomic E-state index is 13.4. The molecule has 0 radical (unpaired) electrons. The van der Waals surface area contributed by atoms with E-state index in [0.717, 1.165) is 21.9 Å². The van der Waals surface area contributed by atoms with Crippen molar-refractivity contribution in [2.24, 2.45) is 5.92 Å². The van der Waals surface area contributed by atoms with Gasteiger partial charge in [-0.05, 0) is 45.2 Å². The minimum absolute atomic E-state index is 0.0365. The van der Waals surface area contributed by atoms with Crippen LogP contribution in [0.5, 0.6) is 0 Å². The Kier molecular flexibility index (Phi) is 11.3. The number of benzene rings is 3. The average molecular weight is 542 g/mol. The van der Waals surface area contributed by atoms with Crippen LogP contribution >= 0.6 is 0 Å². The molecule has 11 nitrogen and oxygen atoms in total. The third-order valence-corrected chi connectivity index (χ3v) is 6.31.